The van der Waals surface area contributed by atoms with Crippen LogP contribution in [0, 0.1) is 6.92 Å². The SMILES string of the molecule is COC(=O)[C@@]1(OCC[Si](C)(C)C)C[C@H](O)[C@@H](NC(C)=O)[C@H]([C@H](O)[C@H](O)COS(=O)(=O)c2ccc(C)cc2)O1. The second kappa shape index (κ2) is 13.0. The van der Waals surface area contributed by atoms with E-state index >= 15 is 0 Å². The van der Waals surface area contributed by atoms with Gasteiger partial charge in [-0.3, -0.25) is 8.98 Å². The highest BCUT2D eigenvalue weighted by Gasteiger charge is 2.56. The molecular formula is C24H39NO11SSi. The Labute approximate surface area is 224 Å². The van der Waals surface area contributed by atoms with Crippen molar-refractivity contribution in [1.82, 2.24) is 5.32 Å². The molecule has 38 heavy (non-hydrogen) atoms. The molecule has 0 spiro atoms. The van der Waals surface area contributed by atoms with Crippen LogP contribution in [0.3, 0.4) is 0 Å². The number of carbonyl (C=O) groups excluding carboxylic acids is 2. The van der Waals surface area contributed by atoms with E-state index in [0.717, 1.165) is 12.7 Å². The number of ether oxygens (including phenoxy) is 3. The summed E-state index contributed by atoms with van der Waals surface area (Å²) in [6, 6.07) is 5.19. The first-order valence-corrected chi connectivity index (χ1v) is 17.3. The van der Waals surface area contributed by atoms with Crippen LogP contribution in [0.25, 0.3) is 0 Å². The average molecular weight is 578 g/mol. The van der Waals surface area contributed by atoms with Gasteiger partial charge in [0.05, 0.1) is 30.8 Å². The predicted molar refractivity (Wildman–Crippen MR) is 138 cm³/mol. The Morgan fingerprint density at radius 2 is 1.82 bits per heavy atom. The molecule has 14 heteroatoms. The fourth-order valence-corrected chi connectivity index (χ4v) is 5.51. The van der Waals surface area contributed by atoms with E-state index in [-0.39, 0.29) is 11.5 Å². The van der Waals surface area contributed by atoms with Gasteiger partial charge in [0, 0.05) is 28.0 Å². The van der Waals surface area contributed by atoms with Gasteiger partial charge in [-0.2, -0.15) is 8.42 Å². The molecule has 1 fully saturated rings. The van der Waals surface area contributed by atoms with E-state index in [1.165, 1.54) is 19.1 Å². The molecule has 1 amide bonds. The predicted octanol–water partition coefficient (Wildman–Crippen LogP) is 0.301. The van der Waals surface area contributed by atoms with E-state index in [9.17, 15) is 33.3 Å². The lowest BCUT2D eigenvalue weighted by molar-refractivity contribution is -0.311. The van der Waals surface area contributed by atoms with E-state index < -0.39 is 79.3 Å². The number of rotatable bonds is 12. The summed E-state index contributed by atoms with van der Waals surface area (Å²) < 4.78 is 46.5. The van der Waals surface area contributed by atoms with Crippen molar-refractivity contribution in [3.05, 3.63) is 29.8 Å². The standard InChI is InChI=1S/C24H39NO11SSi/c1-15-7-9-17(10-8-15)37(31,32)35-14-19(28)21(29)22-20(25-16(2)26)18(27)13-24(36-22,23(30)33-3)34-11-12-38(4,5)6/h7-10,18-22,27-29H,11-14H2,1-6H3,(H,25,26)/t18-,19+,20+,21+,22+,24+/m0/s1. The summed E-state index contributed by atoms with van der Waals surface area (Å²) in [7, 11) is -4.77. The van der Waals surface area contributed by atoms with Crippen molar-refractivity contribution in [2.45, 2.75) is 87.1 Å². The van der Waals surface area contributed by atoms with Crippen molar-refractivity contribution >= 4 is 30.1 Å². The number of nitrogens with one attached hydrogen (secondary N) is 1. The molecule has 1 saturated heterocycles. The summed E-state index contributed by atoms with van der Waals surface area (Å²) in [6.45, 7) is 8.46. The molecule has 12 nitrogen and oxygen atoms in total. The summed E-state index contributed by atoms with van der Waals surface area (Å²) in [4.78, 5) is 24.5. The van der Waals surface area contributed by atoms with E-state index in [4.69, 9.17) is 18.4 Å². The van der Waals surface area contributed by atoms with Crippen molar-refractivity contribution in [2.75, 3.05) is 20.3 Å². The molecule has 4 N–H and O–H groups in total. The van der Waals surface area contributed by atoms with Crippen LogP contribution in [0.2, 0.25) is 25.7 Å². The Kier molecular flexibility index (Phi) is 11.0. The maximum Gasteiger partial charge on any atom is 0.366 e. The zero-order valence-corrected chi connectivity index (χ0v) is 24.4. The minimum Gasteiger partial charge on any atom is -0.465 e. The summed E-state index contributed by atoms with van der Waals surface area (Å²) in [5.41, 5.74) is 0.831. The first-order valence-electron chi connectivity index (χ1n) is 12.2. The summed E-state index contributed by atoms with van der Waals surface area (Å²) in [5.74, 6) is -3.69. The lowest BCUT2D eigenvalue weighted by Crippen LogP contribution is -2.68. The molecule has 0 unspecified atom stereocenters. The van der Waals surface area contributed by atoms with Gasteiger partial charge in [-0.25, -0.2) is 4.79 Å². The Hall–Kier alpha value is -1.91. The van der Waals surface area contributed by atoms with Gasteiger partial charge >= 0.3 is 5.97 Å². The first kappa shape index (κ1) is 32.3. The van der Waals surface area contributed by atoms with E-state index in [1.807, 2.05) is 0 Å². The highest BCUT2D eigenvalue weighted by Crippen LogP contribution is 2.35. The van der Waals surface area contributed by atoms with Crippen LogP contribution in [0.4, 0.5) is 0 Å². The first-order chi connectivity index (χ1) is 17.5. The molecule has 1 aromatic carbocycles. The number of esters is 1. The summed E-state index contributed by atoms with van der Waals surface area (Å²) in [6.07, 6.45) is -7.26. The molecule has 216 valence electrons. The highest BCUT2D eigenvalue weighted by molar-refractivity contribution is 7.86. The molecule has 2 rings (SSSR count). The Balaban J connectivity index is 2.29. The van der Waals surface area contributed by atoms with Crippen LogP contribution >= 0.6 is 0 Å². The van der Waals surface area contributed by atoms with E-state index in [0.29, 0.717) is 6.04 Å². The number of aliphatic hydroxyl groups is 3. The second-order valence-corrected chi connectivity index (χ2v) is 17.8. The van der Waals surface area contributed by atoms with E-state index in [1.54, 1.807) is 19.1 Å². The number of amides is 1. The zero-order chi connectivity index (χ0) is 28.9. The number of aliphatic hydroxyl groups excluding tert-OH is 3. The van der Waals surface area contributed by atoms with Gasteiger partial charge in [-0.1, -0.05) is 37.3 Å². The molecular weight excluding hydrogens is 538 g/mol. The number of aryl methyl sites for hydroxylation is 1. The minimum atomic E-state index is -4.27. The fourth-order valence-electron chi connectivity index (χ4n) is 3.87. The van der Waals surface area contributed by atoms with Gasteiger partial charge in [-0.15, -0.1) is 0 Å². The lowest BCUT2D eigenvalue weighted by atomic mass is 9.88. The summed E-state index contributed by atoms with van der Waals surface area (Å²) in [5, 5.41) is 35.0. The molecule has 0 aromatic heterocycles. The molecule has 1 heterocycles. The Bertz CT molecular complexity index is 1060. The van der Waals surface area contributed by atoms with Crippen molar-refractivity contribution in [1.29, 1.82) is 0 Å². The molecule has 6 atom stereocenters. The molecule has 0 aliphatic carbocycles. The highest BCUT2D eigenvalue weighted by atomic mass is 32.2. The molecule has 0 bridgehead atoms. The number of carbonyl (C=O) groups is 2. The number of hydrogen-bond donors (Lipinski definition) is 4. The van der Waals surface area contributed by atoms with Crippen LogP contribution in [-0.2, 0) is 38.1 Å². The molecule has 0 radical (unpaired) electrons. The van der Waals surface area contributed by atoms with Crippen LogP contribution in [0.15, 0.2) is 29.2 Å². The van der Waals surface area contributed by atoms with Gasteiger partial charge < -0.3 is 34.8 Å². The Morgan fingerprint density at radius 1 is 1.21 bits per heavy atom. The smallest absolute Gasteiger partial charge is 0.366 e. The Morgan fingerprint density at radius 3 is 2.34 bits per heavy atom. The van der Waals surface area contributed by atoms with Crippen LogP contribution in [0.5, 0.6) is 0 Å². The summed E-state index contributed by atoms with van der Waals surface area (Å²) >= 11 is 0. The van der Waals surface area contributed by atoms with Gasteiger partial charge in [0.2, 0.25) is 5.91 Å². The zero-order valence-electron chi connectivity index (χ0n) is 22.5. The number of hydrogen-bond acceptors (Lipinski definition) is 11. The van der Waals surface area contributed by atoms with Gasteiger partial charge in [-0.05, 0) is 25.1 Å². The molecule has 1 aromatic rings. The van der Waals surface area contributed by atoms with Crippen molar-refractivity contribution in [3.63, 3.8) is 0 Å². The van der Waals surface area contributed by atoms with E-state index in [2.05, 4.69) is 25.0 Å². The maximum atomic E-state index is 12.8. The number of benzene rings is 1. The van der Waals surface area contributed by atoms with Crippen LogP contribution in [-0.4, -0.2) is 100 Å². The molecule has 1 aliphatic rings. The third-order valence-electron chi connectivity index (χ3n) is 6.06. The number of methoxy groups -OCH3 is 1. The fraction of sp³-hybridized carbons (Fsp3) is 0.667. The van der Waals surface area contributed by atoms with Gasteiger partial charge in [0.15, 0.2) is 0 Å². The lowest BCUT2D eigenvalue weighted by Gasteiger charge is -2.47. The quantitative estimate of drug-likeness (QED) is 0.153. The van der Waals surface area contributed by atoms with Crippen molar-refractivity contribution < 1.29 is 51.7 Å². The second-order valence-electron chi connectivity index (χ2n) is 10.6. The molecule has 0 saturated carbocycles. The average Bonchev–Trinajstić information content (AvgIpc) is 2.82. The third kappa shape index (κ3) is 8.54. The van der Waals surface area contributed by atoms with Crippen molar-refractivity contribution in [3.8, 4) is 0 Å². The van der Waals surface area contributed by atoms with Crippen LogP contribution in [0.1, 0.15) is 18.9 Å². The van der Waals surface area contributed by atoms with Crippen LogP contribution < -0.4 is 5.32 Å². The third-order valence-corrected chi connectivity index (χ3v) is 9.06. The van der Waals surface area contributed by atoms with Gasteiger partial charge in [0.1, 0.15) is 18.3 Å². The minimum absolute atomic E-state index is 0.0889. The van der Waals surface area contributed by atoms with Gasteiger partial charge in [0.25, 0.3) is 15.9 Å². The topological polar surface area (TPSA) is 178 Å². The normalized spacial score (nSPS) is 25.9. The largest absolute Gasteiger partial charge is 0.465 e. The van der Waals surface area contributed by atoms with Crippen molar-refractivity contribution in [2.24, 2.45) is 0 Å². The maximum absolute atomic E-state index is 12.8. The molecule has 1 aliphatic heterocycles. The monoisotopic (exact) mass is 577 g/mol.